The lowest BCUT2D eigenvalue weighted by Crippen LogP contribution is -1.99. The molecular weight excluding hydrogens is 490 g/mol. The van der Waals surface area contributed by atoms with Crippen LogP contribution in [0.5, 0.6) is 0 Å². The van der Waals surface area contributed by atoms with Gasteiger partial charge in [-0.25, -0.2) is 0 Å². The van der Waals surface area contributed by atoms with Crippen LogP contribution >= 0.6 is 11.3 Å². The van der Waals surface area contributed by atoms with Gasteiger partial charge >= 0.3 is 0 Å². The molecule has 0 radical (unpaired) electrons. The predicted molar refractivity (Wildman–Crippen MR) is 176 cm³/mol. The van der Waals surface area contributed by atoms with E-state index in [2.05, 4.69) is 142 Å². The van der Waals surface area contributed by atoms with E-state index in [1.165, 1.54) is 58.9 Å². The Morgan fingerprint density at radius 3 is 2.05 bits per heavy atom. The van der Waals surface area contributed by atoms with Gasteiger partial charge in [0.2, 0.25) is 0 Å². The second-order valence-corrected chi connectivity index (χ2v) is 10.6. The van der Waals surface area contributed by atoms with Crippen LogP contribution in [0.25, 0.3) is 48.5 Å². The molecule has 6 aromatic rings. The molecule has 0 aliphatic rings. The quantitative estimate of drug-likeness (QED) is 0.214. The van der Waals surface area contributed by atoms with Gasteiger partial charge < -0.3 is 5.32 Å². The van der Waals surface area contributed by atoms with E-state index < -0.39 is 0 Å². The molecule has 0 unspecified atom stereocenters. The minimum absolute atomic E-state index is 0.975. The first kappa shape index (κ1) is 26.2. The first-order chi connectivity index (χ1) is 19.1. The highest BCUT2D eigenvalue weighted by Crippen LogP contribution is 2.38. The summed E-state index contributed by atoms with van der Waals surface area (Å²) >= 11 is 1.88. The van der Waals surface area contributed by atoms with Crippen molar-refractivity contribution >= 4 is 54.4 Å². The summed E-state index contributed by atoms with van der Waals surface area (Å²) in [5, 5.41) is 10.2. The van der Waals surface area contributed by atoms with Crippen LogP contribution in [0, 0.1) is 6.92 Å². The van der Waals surface area contributed by atoms with Crippen molar-refractivity contribution in [3.8, 4) is 11.1 Å². The number of hydrogen-bond donors (Lipinski definition) is 1. The van der Waals surface area contributed by atoms with Gasteiger partial charge in [-0.2, -0.15) is 0 Å². The highest BCUT2D eigenvalue weighted by molar-refractivity contribution is 7.20. The van der Waals surface area contributed by atoms with Crippen molar-refractivity contribution in [3.63, 3.8) is 0 Å². The highest BCUT2D eigenvalue weighted by Gasteiger charge is 2.14. The number of nitrogens with one attached hydrogen (secondary N) is 1. The number of fused-ring (bicyclic) bond motifs is 3. The van der Waals surface area contributed by atoms with Crippen molar-refractivity contribution in [1.29, 1.82) is 0 Å². The summed E-state index contributed by atoms with van der Waals surface area (Å²) in [6.07, 6.45) is 6.56. The summed E-state index contributed by atoms with van der Waals surface area (Å²) in [4.78, 5) is 1.31. The molecule has 1 N–H and O–H groups in total. The number of aryl methyl sites for hydroxylation is 1. The standard InChI is InChI=1S/C33H27NS.C4H6/c1-3-9-31(33-22(2)30-20-26-12-6-7-13-27(26)21-32(30)35-33)34-29-15-8-14-25(19-29)28-17-16-23-10-4-5-11-24(23)18-28;1-3-4-2/h4-21,34H,3H2,1-2H3;3-4H,1-2H2/b31-9+;. The molecule has 0 aliphatic heterocycles. The maximum atomic E-state index is 3.76. The third kappa shape index (κ3) is 5.72. The fourth-order valence-corrected chi connectivity index (χ4v) is 6.10. The van der Waals surface area contributed by atoms with Gasteiger partial charge in [-0.15, -0.1) is 11.3 Å². The lowest BCUT2D eigenvalue weighted by atomic mass is 10.0. The maximum Gasteiger partial charge on any atom is 0.0543 e. The summed E-state index contributed by atoms with van der Waals surface area (Å²) in [6.45, 7) is 11.2. The van der Waals surface area contributed by atoms with E-state index in [9.17, 15) is 0 Å². The summed E-state index contributed by atoms with van der Waals surface area (Å²) in [5.74, 6) is 0. The normalized spacial score (nSPS) is 11.3. The van der Waals surface area contributed by atoms with E-state index >= 15 is 0 Å². The van der Waals surface area contributed by atoms with Gasteiger partial charge in [-0.05, 0) is 87.3 Å². The van der Waals surface area contributed by atoms with Crippen molar-refractivity contribution in [2.75, 3.05) is 5.32 Å². The first-order valence-corrected chi connectivity index (χ1v) is 14.1. The van der Waals surface area contributed by atoms with Gasteiger partial charge in [-0.3, -0.25) is 0 Å². The van der Waals surface area contributed by atoms with Crippen LogP contribution < -0.4 is 5.32 Å². The largest absolute Gasteiger partial charge is 0.355 e. The zero-order chi connectivity index (χ0) is 27.2. The molecule has 5 aromatic carbocycles. The van der Waals surface area contributed by atoms with Crippen molar-refractivity contribution in [1.82, 2.24) is 0 Å². The Balaban J connectivity index is 0.000000723. The van der Waals surface area contributed by atoms with E-state index in [0.717, 1.165) is 12.1 Å². The number of allylic oxidation sites excluding steroid dienone is 3. The topological polar surface area (TPSA) is 12.0 Å². The van der Waals surface area contributed by atoms with Gasteiger partial charge in [-0.1, -0.05) is 111 Å². The molecule has 1 heterocycles. The van der Waals surface area contributed by atoms with Crippen LogP contribution in [0.3, 0.4) is 0 Å². The molecule has 0 bridgehead atoms. The zero-order valence-corrected chi connectivity index (χ0v) is 23.4. The van der Waals surface area contributed by atoms with Crippen LogP contribution in [-0.2, 0) is 0 Å². The Labute approximate surface area is 235 Å². The third-order valence-electron chi connectivity index (χ3n) is 6.85. The highest BCUT2D eigenvalue weighted by atomic mass is 32.1. The van der Waals surface area contributed by atoms with E-state index in [1.807, 2.05) is 11.3 Å². The Morgan fingerprint density at radius 1 is 0.718 bits per heavy atom. The van der Waals surface area contributed by atoms with Crippen molar-refractivity contribution in [3.05, 3.63) is 145 Å². The Hall–Kier alpha value is -4.40. The lowest BCUT2D eigenvalue weighted by molar-refractivity contribution is 1.22. The van der Waals surface area contributed by atoms with Gasteiger partial charge in [0.25, 0.3) is 0 Å². The molecule has 6 rings (SSSR count). The minimum atomic E-state index is 0.975. The molecule has 0 saturated heterocycles. The summed E-state index contributed by atoms with van der Waals surface area (Å²) in [6, 6.07) is 37.3. The van der Waals surface area contributed by atoms with Gasteiger partial charge in [0, 0.05) is 10.4 Å². The predicted octanol–water partition coefficient (Wildman–Crippen LogP) is 11.4. The number of thiophene rings is 1. The minimum Gasteiger partial charge on any atom is -0.355 e. The Kier molecular flexibility index (Phi) is 8.05. The Bertz CT molecular complexity index is 1810. The van der Waals surface area contributed by atoms with Crippen molar-refractivity contribution < 1.29 is 0 Å². The second kappa shape index (κ2) is 12.0. The molecule has 39 heavy (non-hydrogen) atoms. The van der Waals surface area contributed by atoms with E-state index in [1.54, 1.807) is 12.2 Å². The summed E-state index contributed by atoms with van der Waals surface area (Å²) in [7, 11) is 0. The van der Waals surface area contributed by atoms with E-state index in [-0.39, 0.29) is 0 Å². The third-order valence-corrected chi connectivity index (χ3v) is 8.14. The van der Waals surface area contributed by atoms with Crippen LogP contribution in [0.2, 0.25) is 0 Å². The van der Waals surface area contributed by atoms with Crippen LogP contribution in [-0.4, -0.2) is 0 Å². The fraction of sp³-hybridized carbons (Fsp3) is 0.0811. The van der Waals surface area contributed by atoms with Gasteiger partial charge in [0.05, 0.1) is 10.6 Å². The van der Waals surface area contributed by atoms with E-state index in [0.29, 0.717) is 0 Å². The Morgan fingerprint density at radius 2 is 1.36 bits per heavy atom. The smallest absolute Gasteiger partial charge is 0.0543 e. The number of benzene rings is 5. The SMILES string of the molecule is C=CC=C.CC/C=C(/Nc1cccc(-c2ccc3ccccc3c2)c1)c1sc2cc3ccccc3cc2c1C. The van der Waals surface area contributed by atoms with Gasteiger partial charge in [0.1, 0.15) is 0 Å². The number of anilines is 1. The average Bonchev–Trinajstić information content (AvgIpc) is 3.30. The summed E-state index contributed by atoms with van der Waals surface area (Å²) < 4.78 is 1.34. The van der Waals surface area contributed by atoms with Crippen molar-refractivity contribution in [2.45, 2.75) is 20.3 Å². The number of hydrogen-bond acceptors (Lipinski definition) is 2. The molecule has 0 amide bonds. The average molecular weight is 524 g/mol. The summed E-state index contributed by atoms with van der Waals surface area (Å²) in [5.41, 5.74) is 6.09. The molecule has 0 fully saturated rings. The van der Waals surface area contributed by atoms with Crippen molar-refractivity contribution in [2.24, 2.45) is 0 Å². The van der Waals surface area contributed by atoms with E-state index in [4.69, 9.17) is 0 Å². The molecule has 0 spiro atoms. The second-order valence-electron chi connectivity index (χ2n) is 9.52. The van der Waals surface area contributed by atoms with Crippen LogP contribution in [0.15, 0.2) is 135 Å². The lowest BCUT2D eigenvalue weighted by Gasteiger charge is -2.13. The van der Waals surface area contributed by atoms with Crippen LogP contribution in [0.4, 0.5) is 5.69 Å². The maximum absolute atomic E-state index is 3.76. The molecule has 1 nitrogen and oxygen atoms in total. The monoisotopic (exact) mass is 523 g/mol. The van der Waals surface area contributed by atoms with Gasteiger partial charge in [0.15, 0.2) is 0 Å². The van der Waals surface area contributed by atoms with Crippen LogP contribution in [0.1, 0.15) is 23.8 Å². The molecule has 192 valence electrons. The zero-order valence-electron chi connectivity index (χ0n) is 22.6. The molecule has 2 heteroatoms. The molecule has 0 atom stereocenters. The molecule has 0 aliphatic carbocycles. The fourth-order valence-electron chi connectivity index (χ4n) is 4.87. The first-order valence-electron chi connectivity index (χ1n) is 13.3. The molecule has 1 aromatic heterocycles. The number of rotatable bonds is 6. The molecular formula is C37H33NS. The molecule has 0 saturated carbocycles.